The first-order valence-electron chi connectivity index (χ1n) is 7.76. The molecule has 0 fully saturated rings. The van der Waals surface area contributed by atoms with E-state index < -0.39 is 5.89 Å². The van der Waals surface area contributed by atoms with Gasteiger partial charge in [0.2, 0.25) is 0 Å². The minimum atomic E-state index is -0.643. The lowest BCUT2D eigenvalue weighted by Crippen LogP contribution is -2.07. The van der Waals surface area contributed by atoms with E-state index >= 15 is 0 Å². The van der Waals surface area contributed by atoms with Gasteiger partial charge in [-0.1, -0.05) is 13.8 Å². The number of hydrogen-bond acceptors (Lipinski definition) is 4. The topological polar surface area (TPSA) is 43.1 Å². The van der Waals surface area contributed by atoms with Crippen molar-refractivity contribution in [3.63, 3.8) is 0 Å². The molecule has 21 heavy (non-hydrogen) atoms. The van der Waals surface area contributed by atoms with E-state index in [1.165, 1.54) is 0 Å². The average molecular weight is 301 g/mol. The highest BCUT2D eigenvalue weighted by atomic mass is 32.1. The van der Waals surface area contributed by atoms with E-state index in [2.05, 4.69) is 23.9 Å². The first kappa shape index (κ1) is 13.0. The second kappa shape index (κ2) is 5.56. The average Bonchev–Trinajstić information content (AvgIpc) is 3.12. The van der Waals surface area contributed by atoms with Gasteiger partial charge in [0.05, 0.1) is 21.6 Å². The van der Waals surface area contributed by atoms with E-state index in [1.807, 2.05) is 36.1 Å². The Balaban J connectivity index is 2.36. The molecule has 0 bridgehead atoms. The molecule has 0 aliphatic rings. The van der Waals surface area contributed by atoms with Gasteiger partial charge in [0, 0.05) is 24.8 Å². The zero-order valence-electron chi connectivity index (χ0n) is 13.8. The molecule has 3 rings (SSSR count). The second-order valence-electron chi connectivity index (χ2n) is 5.15. The predicted octanol–water partition coefficient (Wildman–Crippen LogP) is 4.37. The highest BCUT2D eigenvalue weighted by Crippen LogP contribution is 2.32. The fraction of sp³-hybridized carbons (Fsp3) is 0.438. The number of fused-ring (bicyclic) bond motifs is 1. The van der Waals surface area contributed by atoms with Crippen molar-refractivity contribution in [2.24, 2.45) is 0 Å². The first-order valence-corrected chi connectivity index (χ1v) is 8.14. The Morgan fingerprint density at radius 1 is 1.33 bits per heavy atom. The van der Waals surface area contributed by atoms with E-state index in [-0.39, 0.29) is 0 Å². The van der Waals surface area contributed by atoms with E-state index in [0.29, 0.717) is 0 Å². The van der Waals surface area contributed by atoms with Crippen molar-refractivity contribution in [3.8, 4) is 10.4 Å². The minimum Gasteiger partial charge on any atom is -0.252 e. The van der Waals surface area contributed by atoms with Crippen LogP contribution in [-0.4, -0.2) is 19.6 Å². The van der Waals surface area contributed by atoms with Crippen LogP contribution < -0.4 is 0 Å². The summed E-state index contributed by atoms with van der Waals surface area (Å²) < 4.78 is 10.7. The maximum Gasteiger partial charge on any atom is 0.164 e. The summed E-state index contributed by atoms with van der Waals surface area (Å²) in [5, 5.41) is 4.69. The van der Waals surface area contributed by atoms with Gasteiger partial charge in [-0.25, -0.2) is 9.50 Å². The first-order chi connectivity index (χ1) is 10.5. The fourth-order valence-corrected chi connectivity index (χ4v) is 3.45. The normalized spacial score (nSPS) is 12.9. The van der Waals surface area contributed by atoms with Crippen LogP contribution in [0.15, 0.2) is 17.8 Å². The maximum atomic E-state index is 8.79. The Hall–Kier alpha value is -1.75. The van der Waals surface area contributed by atoms with Crippen LogP contribution in [0.4, 0.5) is 0 Å². The zero-order valence-corrected chi connectivity index (χ0v) is 13.7. The molecule has 0 aromatic carbocycles. The number of thiazole rings is 1. The lowest BCUT2D eigenvalue weighted by Gasteiger charge is -2.15. The highest BCUT2D eigenvalue weighted by Gasteiger charge is 2.19. The molecule has 0 radical (unpaired) electrons. The Kier molecular flexibility index (Phi) is 3.43. The highest BCUT2D eigenvalue weighted by molar-refractivity contribution is 7.13. The molecule has 0 aliphatic heterocycles. The van der Waals surface area contributed by atoms with Crippen LogP contribution in [0.3, 0.4) is 0 Å². The Bertz CT molecular complexity index is 803. The molecule has 3 aromatic rings. The summed E-state index contributed by atoms with van der Waals surface area (Å²) in [5.41, 5.74) is 6.45. The van der Waals surface area contributed by atoms with Gasteiger partial charge in [-0.3, -0.25) is 4.98 Å². The van der Waals surface area contributed by atoms with Crippen molar-refractivity contribution in [1.29, 1.82) is 0 Å². The van der Waals surface area contributed by atoms with Gasteiger partial charge in [-0.2, -0.15) is 5.10 Å². The molecule has 0 atom stereocenters. The number of hydrogen-bond donors (Lipinski definition) is 0. The van der Waals surface area contributed by atoms with E-state index in [4.69, 9.17) is 6.35 Å². The summed E-state index contributed by atoms with van der Waals surface area (Å²) in [6.45, 7) is 8.08. The Morgan fingerprint density at radius 3 is 2.71 bits per heavy atom. The molecule has 3 aromatic heterocycles. The Labute approximate surface area is 130 Å². The summed E-state index contributed by atoms with van der Waals surface area (Å²) in [6, 6.07) is 2.00. The predicted molar refractivity (Wildman–Crippen MR) is 86.9 cm³/mol. The molecule has 4 nitrogen and oxygen atoms in total. The van der Waals surface area contributed by atoms with Crippen LogP contribution in [0.2, 0.25) is 0 Å². The van der Waals surface area contributed by atoms with Gasteiger partial charge in [0.25, 0.3) is 0 Å². The lowest BCUT2D eigenvalue weighted by atomic mass is 9.98. The molecule has 110 valence electrons. The summed E-state index contributed by atoms with van der Waals surface area (Å²) in [4.78, 5) is 9.93. The molecule has 0 amide bonds. The third-order valence-electron chi connectivity index (χ3n) is 3.79. The lowest BCUT2D eigenvalue weighted by molar-refractivity contribution is 0.598. The van der Waals surface area contributed by atoms with Crippen molar-refractivity contribution < 1.29 is 1.37 Å². The summed E-state index contributed by atoms with van der Waals surface area (Å²) >= 11 is 1.59. The van der Waals surface area contributed by atoms with Crippen molar-refractivity contribution in [1.82, 2.24) is 19.6 Å². The molecule has 0 N–H and O–H groups in total. The van der Waals surface area contributed by atoms with Crippen LogP contribution in [0.5, 0.6) is 0 Å². The van der Waals surface area contributed by atoms with Crippen LogP contribution in [0, 0.1) is 13.8 Å². The minimum absolute atomic E-state index is 0.643. The summed E-state index contributed by atoms with van der Waals surface area (Å²) in [6.07, 6.45) is 3.35. The number of aromatic nitrogens is 4. The van der Waals surface area contributed by atoms with Gasteiger partial charge in [0.1, 0.15) is 0 Å². The van der Waals surface area contributed by atoms with Crippen LogP contribution in [0.1, 0.15) is 51.0 Å². The SMILES string of the molecule is [2H]C(CC)(CC)c1cc(C)nc2c(-c3cncs3)c(C)nn12. The van der Waals surface area contributed by atoms with Crippen LogP contribution in [0.25, 0.3) is 16.1 Å². The Morgan fingerprint density at radius 2 is 2.10 bits per heavy atom. The van der Waals surface area contributed by atoms with E-state index in [0.717, 1.165) is 46.0 Å². The second-order valence-corrected chi connectivity index (χ2v) is 6.04. The molecule has 3 heterocycles. The third kappa shape index (κ3) is 2.35. The monoisotopic (exact) mass is 301 g/mol. The van der Waals surface area contributed by atoms with E-state index in [9.17, 15) is 0 Å². The van der Waals surface area contributed by atoms with Crippen molar-refractivity contribution in [2.75, 3.05) is 0 Å². The molecule has 0 unspecified atom stereocenters. The van der Waals surface area contributed by atoms with Crippen molar-refractivity contribution in [2.45, 2.75) is 46.4 Å². The summed E-state index contributed by atoms with van der Waals surface area (Å²) in [5.74, 6) is -0.643. The zero-order chi connectivity index (χ0) is 15.9. The van der Waals surface area contributed by atoms with Crippen LogP contribution >= 0.6 is 11.3 Å². The largest absolute Gasteiger partial charge is 0.252 e. The molecular weight excluding hydrogens is 280 g/mol. The van der Waals surface area contributed by atoms with E-state index in [1.54, 1.807) is 11.3 Å². The third-order valence-corrected chi connectivity index (χ3v) is 4.58. The number of nitrogens with zero attached hydrogens (tertiary/aromatic N) is 4. The molecule has 0 aliphatic carbocycles. The fourth-order valence-electron chi connectivity index (χ4n) is 2.74. The standard InChI is InChI=1S/C16H20N4S/c1-5-12(6-2)13-7-10(3)18-16-15(11(4)19-20(13)16)14-8-17-9-21-14/h7-9,12H,5-6H2,1-4H3/i12D. The molecule has 0 spiro atoms. The van der Waals surface area contributed by atoms with Crippen molar-refractivity contribution >= 4 is 17.0 Å². The van der Waals surface area contributed by atoms with Gasteiger partial charge >= 0.3 is 0 Å². The summed E-state index contributed by atoms with van der Waals surface area (Å²) in [7, 11) is 0. The smallest absolute Gasteiger partial charge is 0.164 e. The number of aryl methyl sites for hydroxylation is 2. The number of rotatable bonds is 4. The van der Waals surface area contributed by atoms with Gasteiger partial charge < -0.3 is 0 Å². The maximum absolute atomic E-state index is 8.79. The quantitative estimate of drug-likeness (QED) is 0.718. The molecule has 0 saturated heterocycles. The van der Waals surface area contributed by atoms with Gasteiger partial charge in [-0.15, -0.1) is 11.3 Å². The molecule has 0 saturated carbocycles. The molecule has 5 heteroatoms. The van der Waals surface area contributed by atoms with Gasteiger partial charge in [-0.05, 0) is 32.8 Å². The molecular formula is C16H20N4S. The van der Waals surface area contributed by atoms with Crippen LogP contribution in [-0.2, 0) is 0 Å². The van der Waals surface area contributed by atoms with Gasteiger partial charge in [0.15, 0.2) is 5.65 Å². The van der Waals surface area contributed by atoms with Crippen molar-refractivity contribution in [3.05, 3.63) is 34.9 Å².